The highest BCUT2D eigenvalue weighted by Crippen LogP contribution is 2.26. The molecule has 4 heteroatoms. The Balaban J connectivity index is 2.51. The first-order valence-electron chi connectivity index (χ1n) is 5.35. The van der Waals surface area contributed by atoms with Crippen molar-refractivity contribution in [2.75, 3.05) is 5.73 Å². The van der Waals surface area contributed by atoms with Crippen molar-refractivity contribution in [1.82, 2.24) is 0 Å². The first-order valence-corrected chi connectivity index (χ1v) is 6.11. The quantitative estimate of drug-likeness (QED) is 0.664. The molecule has 0 saturated carbocycles. The second-order valence-corrected chi connectivity index (χ2v) is 4.80. The van der Waals surface area contributed by atoms with Crippen molar-refractivity contribution >= 4 is 34.7 Å². The van der Waals surface area contributed by atoms with E-state index in [0.717, 1.165) is 5.56 Å². The number of ketones is 1. The number of nitrogens with two attached hydrogens (primary N) is 1. The van der Waals surface area contributed by atoms with Crippen LogP contribution >= 0.6 is 23.2 Å². The van der Waals surface area contributed by atoms with Crippen molar-refractivity contribution in [3.63, 3.8) is 0 Å². The van der Waals surface area contributed by atoms with E-state index < -0.39 is 0 Å². The maximum absolute atomic E-state index is 12.4. The number of halogens is 2. The number of anilines is 1. The van der Waals surface area contributed by atoms with Crippen molar-refractivity contribution in [2.45, 2.75) is 6.92 Å². The first kappa shape index (κ1) is 12.9. The molecular formula is C14H11Cl2NO. The average molecular weight is 280 g/mol. The molecule has 2 rings (SSSR count). The molecule has 18 heavy (non-hydrogen) atoms. The lowest BCUT2D eigenvalue weighted by molar-refractivity contribution is 0.103. The zero-order chi connectivity index (χ0) is 13.3. The van der Waals surface area contributed by atoms with Gasteiger partial charge in [0.25, 0.3) is 0 Å². The van der Waals surface area contributed by atoms with Gasteiger partial charge < -0.3 is 5.73 Å². The lowest BCUT2D eigenvalue weighted by atomic mass is 9.99. The third-order valence-corrected chi connectivity index (χ3v) is 3.47. The second-order valence-electron chi connectivity index (χ2n) is 3.98. The van der Waals surface area contributed by atoms with Gasteiger partial charge in [0.15, 0.2) is 5.78 Å². The molecule has 0 atom stereocenters. The summed E-state index contributed by atoms with van der Waals surface area (Å²) in [6, 6.07) is 10.1. The van der Waals surface area contributed by atoms with E-state index in [9.17, 15) is 4.79 Å². The summed E-state index contributed by atoms with van der Waals surface area (Å²) in [5.74, 6) is -0.153. The van der Waals surface area contributed by atoms with E-state index in [0.29, 0.717) is 26.9 Å². The Labute approximate surface area is 115 Å². The number of rotatable bonds is 2. The lowest BCUT2D eigenvalue weighted by Crippen LogP contribution is -2.05. The highest BCUT2D eigenvalue weighted by Gasteiger charge is 2.16. The van der Waals surface area contributed by atoms with Gasteiger partial charge in [-0.2, -0.15) is 0 Å². The van der Waals surface area contributed by atoms with Gasteiger partial charge in [-0.3, -0.25) is 4.79 Å². The summed E-state index contributed by atoms with van der Waals surface area (Å²) in [6.45, 7) is 1.81. The van der Waals surface area contributed by atoms with Gasteiger partial charge in [-0.1, -0.05) is 35.3 Å². The highest BCUT2D eigenvalue weighted by atomic mass is 35.5. The number of hydrogen-bond donors (Lipinski definition) is 1. The highest BCUT2D eigenvalue weighted by molar-refractivity contribution is 6.36. The van der Waals surface area contributed by atoms with Gasteiger partial charge in [-0.25, -0.2) is 0 Å². The third kappa shape index (κ3) is 2.35. The topological polar surface area (TPSA) is 43.1 Å². The fourth-order valence-electron chi connectivity index (χ4n) is 1.71. The number of hydrogen-bond acceptors (Lipinski definition) is 2. The number of carbonyl (C=O) groups is 1. The summed E-state index contributed by atoms with van der Waals surface area (Å²) >= 11 is 12.0. The van der Waals surface area contributed by atoms with Crippen LogP contribution in [-0.2, 0) is 0 Å². The maximum Gasteiger partial charge on any atom is 0.194 e. The maximum atomic E-state index is 12.4. The first-order chi connectivity index (χ1) is 8.50. The molecule has 2 aromatic carbocycles. The van der Waals surface area contributed by atoms with Crippen LogP contribution in [0, 0.1) is 6.92 Å². The van der Waals surface area contributed by atoms with Crippen molar-refractivity contribution in [2.24, 2.45) is 0 Å². The van der Waals surface area contributed by atoms with Gasteiger partial charge in [0, 0.05) is 21.8 Å². The second kappa shape index (κ2) is 5.01. The van der Waals surface area contributed by atoms with Crippen LogP contribution in [0.1, 0.15) is 21.5 Å². The molecule has 0 fully saturated rings. The molecule has 0 aliphatic heterocycles. The van der Waals surface area contributed by atoms with Crippen molar-refractivity contribution in [1.29, 1.82) is 0 Å². The fraction of sp³-hybridized carbons (Fsp3) is 0.0714. The molecular weight excluding hydrogens is 269 g/mol. The van der Waals surface area contributed by atoms with Gasteiger partial charge in [-0.05, 0) is 36.8 Å². The third-order valence-electron chi connectivity index (χ3n) is 2.75. The summed E-state index contributed by atoms with van der Waals surface area (Å²) in [4.78, 5) is 12.4. The minimum Gasteiger partial charge on any atom is -0.399 e. The molecule has 0 aliphatic carbocycles. The summed E-state index contributed by atoms with van der Waals surface area (Å²) < 4.78 is 0. The monoisotopic (exact) mass is 279 g/mol. The molecule has 2 aromatic rings. The Bertz CT molecular complexity index is 623. The molecule has 0 amide bonds. The van der Waals surface area contributed by atoms with E-state index in [-0.39, 0.29) is 5.78 Å². The van der Waals surface area contributed by atoms with E-state index in [4.69, 9.17) is 28.9 Å². The summed E-state index contributed by atoms with van der Waals surface area (Å²) in [7, 11) is 0. The molecule has 0 aromatic heterocycles. The SMILES string of the molecule is Cc1c(Cl)cccc1C(=O)c1ccc(N)cc1Cl. The fourth-order valence-corrected chi connectivity index (χ4v) is 2.16. The smallest absolute Gasteiger partial charge is 0.194 e. The van der Waals surface area contributed by atoms with Gasteiger partial charge in [0.1, 0.15) is 0 Å². The molecule has 0 bridgehead atoms. The van der Waals surface area contributed by atoms with E-state index in [1.54, 1.807) is 43.3 Å². The standard InChI is InChI=1S/C14H11Cl2NO/c1-8-10(3-2-4-12(8)15)14(18)11-6-5-9(17)7-13(11)16/h2-7H,17H2,1H3. The molecule has 92 valence electrons. The minimum atomic E-state index is -0.153. The summed E-state index contributed by atoms with van der Waals surface area (Å²) in [6.07, 6.45) is 0. The van der Waals surface area contributed by atoms with Gasteiger partial charge >= 0.3 is 0 Å². The Morgan fingerprint density at radius 2 is 1.78 bits per heavy atom. The lowest BCUT2D eigenvalue weighted by Gasteiger charge is -2.08. The Morgan fingerprint density at radius 1 is 1.06 bits per heavy atom. The van der Waals surface area contributed by atoms with Crippen molar-refractivity contribution < 1.29 is 4.79 Å². The van der Waals surface area contributed by atoms with Crippen molar-refractivity contribution in [3.8, 4) is 0 Å². The zero-order valence-electron chi connectivity index (χ0n) is 9.71. The number of carbonyl (C=O) groups excluding carboxylic acids is 1. The van der Waals surface area contributed by atoms with Gasteiger partial charge in [0.2, 0.25) is 0 Å². The Kier molecular flexibility index (Phi) is 3.60. The van der Waals surface area contributed by atoms with Crippen LogP contribution in [0.25, 0.3) is 0 Å². The number of nitrogen functional groups attached to an aromatic ring is 1. The van der Waals surface area contributed by atoms with Crippen LogP contribution in [0.4, 0.5) is 5.69 Å². The normalized spacial score (nSPS) is 10.4. The van der Waals surface area contributed by atoms with Gasteiger partial charge in [0.05, 0.1) is 5.02 Å². The molecule has 0 aliphatic rings. The summed E-state index contributed by atoms with van der Waals surface area (Å²) in [5, 5.41) is 0.909. The molecule has 0 spiro atoms. The van der Waals surface area contributed by atoms with Crippen LogP contribution in [0.5, 0.6) is 0 Å². The van der Waals surface area contributed by atoms with E-state index in [2.05, 4.69) is 0 Å². The Hall–Kier alpha value is -1.51. The van der Waals surface area contributed by atoms with E-state index in [1.807, 2.05) is 0 Å². The average Bonchev–Trinajstić information content (AvgIpc) is 2.32. The van der Waals surface area contributed by atoms with Crippen LogP contribution in [0.3, 0.4) is 0 Å². The molecule has 2 nitrogen and oxygen atoms in total. The van der Waals surface area contributed by atoms with Crippen LogP contribution < -0.4 is 5.73 Å². The van der Waals surface area contributed by atoms with Crippen LogP contribution in [0.2, 0.25) is 10.0 Å². The molecule has 2 N–H and O–H groups in total. The van der Waals surface area contributed by atoms with Crippen LogP contribution in [-0.4, -0.2) is 5.78 Å². The zero-order valence-corrected chi connectivity index (χ0v) is 11.2. The van der Waals surface area contributed by atoms with Gasteiger partial charge in [-0.15, -0.1) is 0 Å². The predicted octanol–water partition coefficient (Wildman–Crippen LogP) is 4.12. The van der Waals surface area contributed by atoms with Crippen LogP contribution in [0.15, 0.2) is 36.4 Å². The largest absolute Gasteiger partial charge is 0.399 e. The predicted molar refractivity (Wildman–Crippen MR) is 75.5 cm³/mol. The minimum absolute atomic E-state index is 0.153. The van der Waals surface area contributed by atoms with E-state index >= 15 is 0 Å². The van der Waals surface area contributed by atoms with Crippen molar-refractivity contribution in [3.05, 3.63) is 63.1 Å². The molecule has 0 saturated heterocycles. The molecule has 0 heterocycles. The Morgan fingerprint density at radius 3 is 2.44 bits per heavy atom. The number of benzene rings is 2. The molecule has 0 radical (unpaired) electrons. The summed E-state index contributed by atoms with van der Waals surface area (Å²) in [5.41, 5.74) is 7.86. The molecule has 0 unspecified atom stereocenters. The van der Waals surface area contributed by atoms with E-state index in [1.165, 1.54) is 0 Å².